The van der Waals surface area contributed by atoms with E-state index >= 15 is 0 Å². The van der Waals surface area contributed by atoms with Gasteiger partial charge in [-0.15, -0.1) is 11.3 Å². The molecule has 5 nitrogen and oxygen atoms in total. The predicted octanol–water partition coefficient (Wildman–Crippen LogP) is 7.14. The van der Waals surface area contributed by atoms with Gasteiger partial charge in [-0.05, 0) is 36.1 Å². The maximum Gasteiger partial charge on any atom is 0.148 e. The number of pyridine rings is 1. The fourth-order valence-electron chi connectivity index (χ4n) is 3.50. The average molecular weight is 537 g/mol. The summed E-state index contributed by atoms with van der Waals surface area (Å²) in [6, 6.07) is 19.4. The average Bonchev–Trinajstić information content (AvgIpc) is 3.35. The second-order valence-electron chi connectivity index (χ2n) is 7.52. The van der Waals surface area contributed by atoms with Crippen LogP contribution in [0, 0.1) is 22.7 Å². The van der Waals surface area contributed by atoms with Crippen LogP contribution in [0.3, 0.4) is 0 Å². The summed E-state index contributed by atoms with van der Waals surface area (Å²) in [6.07, 6.45) is 1.42. The van der Waals surface area contributed by atoms with Crippen molar-refractivity contribution < 1.29 is 5.11 Å². The van der Waals surface area contributed by atoms with Gasteiger partial charge in [0.1, 0.15) is 27.3 Å². The molecule has 9 heteroatoms. The molecular weight excluding hydrogens is 519 g/mol. The second-order valence-corrected chi connectivity index (χ2v) is 10.1. The lowest BCUT2D eigenvalue weighted by atomic mass is 9.96. The molecule has 174 valence electrons. The number of halogens is 2. The molecule has 0 atom stereocenters. The molecule has 0 bridgehead atoms. The van der Waals surface area contributed by atoms with E-state index in [1.165, 1.54) is 23.1 Å². The Morgan fingerprint density at radius 2 is 1.60 bits per heavy atom. The molecule has 0 unspecified atom stereocenters. The summed E-state index contributed by atoms with van der Waals surface area (Å²) >= 11 is 15.3. The Bertz CT molecular complexity index is 1420. The Balaban J connectivity index is 1.63. The molecule has 1 N–H and O–H groups in total. The van der Waals surface area contributed by atoms with E-state index in [2.05, 4.69) is 17.1 Å². The first-order chi connectivity index (χ1) is 17.0. The normalized spacial score (nSPS) is 10.7. The zero-order valence-electron chi connectivity index (χ0n) is 18.3. The number of thiazole rings is 1. The highest BCUT2D eigenvalue weighted by atomic mass is 35.5. The SMILES string of the molecule is N#Cc1c(Cl)nc(SCc2csc(-c3ccc(Cl)cc3)n2)c(C#N)c1-c1ccc(CCCO)cc1. The van der Waals surface area contributed by atoms with Crippen molar-refractivity contribution in [1.82, 2.24) is 9.97 Å². The van der Waals surface area contributed by atoms with Gasteiger partial charge in [0.05, 0.1) is 16.8 Å². The third kappa shape index (κ3) is 5.85. The number of aliphatic hydroxyl groups is 1. The monoisotopic (exact) mass is 536 g/mol. The Morgan fingerprint density at radius 3 is 2.26 bits per heavy atom. The van der Waals surface area contributed by atoms with E-state index in [0.29, 0.717) is 33.3 Å². The summed E-state index contributed by atoms with van der Waals surface area (Å²) in [5, 5.41) is 32.8. The van der Waals surface area contributed by atoms with Crippen LogP contribution in [-0.2, 0) is 12.2 Å². The Hall–Kier alpha value is -2.91. The maximum absolute atomic E-state index is 10.0. The van der Waals surface area contributed by atoms with Crippen LogP contribution in [0.4, 0.5) is 0 Å². The Kier molecular flexibility index (Phi) is 8.41. The van der Waals surface area contributed by atoms with Crippen LogP contribution in [0.25, 0.3) is 21.7 Å². The van der Waals surface area contributed by atoms with E-state index in [1.807, 2.05) is 53.9 Å². The van der Waals surface area contributed by atoms with Crippen LogP contribution in [0.2, 0.25) is 10.2 Å². The molecule has 0 aliphatic carbocycles. The summed E-state index contributed by atoms with van der Waals surface area (Å²) in [4.78, 5) is 9.06. The van der Waals surface area contributed by atoms with E-state index in [9.17, 15) is 10.5 Å². The van der Waals surface area contributed by atoms with Gasteiger partial charge < -0.3 is 5.11 Å². The smallest absolute Gasteiger partial charge is 0.148 e. The third-order valence-corrected chi connectivity index (χ3v) is 7.68. The van der Waals surface area contributed by atoms with Crippen molar-refractivity contribution in [2.45, 2.75) is 23.6 Å². The van der Waals surface area contributed by atoms with Crippen LogP contribution in [0.1, 0.15) is 28.8 Å². The van der Waals surface area contributed by atoms with E-state index < -0.39 is 0 Å². The van der Waals surface area contributed by atoms with Crippen LogP contribution in [0.15, 0.2) is 58.9 Å². The fraction of sp³-hybridized carbons (Fsp3) is 0.154. The van der Waals surface area contributed by atoms with Gasteiger partial charge in [0.25, 0.3) is 0 Å². The molecule has 0 amide bonds. The molecule has 2 aromatic heterocycles. The first-order valence-corrected chi connectivity index (χ1v) is 13.2. The van der Waals surface area contributed by atoms with Gasteiger partial charge in [0.15, 0.2) is 0 Å². The lowest BCUT2D eigenvalue weighted by molar-refractivity contribution is 0.288. The molecule has 0 aliphatic heterocycles. The van der Waals surface area contributed by atoms with E-state index in [4.69, 9.17) is 33.3 Å². The van der Waals surface area contributed by atoms with E-state index in [1.54, 1.807) is 0 Å². The number of nitriles is 2. The number of aromatic nitrogens is 2. The van der Waals surface area contributed by atoms with Crippen LogP contribution < -0.4 is 0 Å². The van der Waals surface area contributed by atoms with Crippen LogP contribution in [0.5, 0.6) is 0 Å². The van der Waals surface area contributed by atoms with Gasteiger partial charge in [-0.3, -0.25) is 0 Å². The van der Waals surface area contributed by atoms with Crippen molar-refractivity contribution in [1.29, 1.82) is 10.5 Å². The third-order valence-electron chi connectivity index (χ3n) is 5.21. The molecule has 0 saturated heterocycles. The van der Waals surface area contributed by atoms with Crippen molar-refractivity contribution in [2.24, 2.45) is 0 Å². The molecule has 35 heavy (non-hydrogen) atoms. The van der Waals surface area contributed by atoms with Gasteiger partial charge >= 0.3 is 0 Å². The highest BCUT2D eigenvalue weighted by Gasteiger charge is 2.21. The molecule has 2 heterocycles. The number of thioether (sulfide) groups is 1. The predicted molar refractivity (Wildman–Crippen MR) is 142 cm³/mol. The lowest BCUT2D eigenvalue weighted by Gasteiger charge is -2.12. The summed E-state index contributed by atoms with van der Waals surface area (Å²) in [6.45, 7) is 0.125. The molecule has 2 aromatic carbocycles. The van der Waals surface area contributed by atoms with Gasteiger partial charge in [-0.1, -0.05) is 71.4 Å². The van der Waals surface area contributed by atoms with Crippen molar-refractivity contribution in [3.63, 3.8) is 0 Å². The van der Waals surface area contributed by atoms with Crippen molar-refractivity contribution in [3.8, 4) is 33.8 Å². The Morgan fingerprint density at radius 1 is 0.914 bits per heavy atom. The minimum Gasteiger partial charge on any atom is -0.396 e. The van der Waals surface area contributed by atoms with E-state index in [0.717, 1.165) is 33.8 Å². The molecule has 4 rings (SSSR count). The minimum absolute atomic E-state index is 0.0634. The summed E-state index contributed by atoms with van der Waals surface area (Å²) in [5.74, 6) is 0.494. The first kappa shape index (κ1) is 25.2. The van der Waals surface area contributed by atoms with Gasteiger partial charge in [-0.2, -0.15) is 10.5 Å². The number of hydrogen-bond acceptors (Lipinski definition) is 7. The number of hydrogen-bond donors (Lipinski definition) is 1. The largest absolute Gasteiger partial charge is 0.396 e. The molecule has 0 radical (unpaired) electrons. The summed E-state index contributed by atoms with van der Waals surface area (Å²) < 4.78 is 0. The maximum atomic E-state index is 10.0. The summed E-state index contributed by atoms with van der Waals surface area (Å²) in [5.41, 5.74) is 4.58. The number of aliphatic hydroxyl groups excluding tert-OH is 1. The number of nitrogens with zero attached hydrogens (tertiary/aromatic N) is 4. The van der Waals surface area contributed by atoms with Crippen molar-refractivity contribution >= 4 is 46.3 Å². The highest BCUT2D eigenvalue weighted by molar-refractivity contribution is 7.98. The topological polar surface area (TPSA) is 93.6 Å². The van der Waals surface area contributed by atoms with Crippen molar-refractivity contribution in [2.75, 3.05) is 6.61 Å². The molecule has 0 saturated carbocycles. The second kappa shape index (κ2) is 11.7. The molecule has 0 spiro atoms. The van der Waals surface area contributed by atoms with Gasteiger partial charge in [0.2, 0.25) is 0 Å². The van der Waals surface area contributed by atoms with E-state index in [-0.39, 0.29) is 17.3 Å². The first-order valence-electron chi connectivity index (χ1n) is 10.6. The zero-order valence-corrected chi connectivity index (χ0v) is 21.5. The number of benzene rings is 2. The quantitative estimate of drug-likeness (QED) is 0.190. The zero-order chi connectivity index (χ0) is 24.8. The molecule has 0 aliphatic rings. The van der Waals surface area contributed by atoms with Crippen LogP contribution >= 0.6 is 46.3 Å². The fourth-order valence-corrected chi connectivity index (χ4v) is 5.71. The molecule has 0 fully saturated rings. The summed E-state index contributed by atoms with van der Waals surface area (Å²) in [7, 11) is 0. The lowest BCUT2D eigenvalue weighted by Crippen LogP contribution is -1.99. The Labute approximate surface area is 221 Å². The number of rotatable bonds is 8. The van der Waals surface area contributed by atoms with Gasteiger partial charge in [-0.25, -0.2) is 9.97 Å². The molecular formula is C26H18Cl2N4OS2. The molecule has 4 aromatic rings. The standard InChI is InChI=1S/C26H18Cl2N4OS2/c27-19-9-7-18(8-10-19)25-31-20(14-34-25)15-35-26-22(13-30)23(21(12-29)24(28)32-26)17-5-3-16(4-6-17)2-1-11-33/h3-10,14,33H,1-2,11,15H2. The minimum atomic E-state index is 0.0634. The number of aryl methyl sites for hydroxylation is 1. The highest BCUT2D eigenvalue weighted by Crippen LogP contribution is 2.38. The van der Waals surface area contributed by atoms with Crippen molar-refractivity contribution in [3.05, 3.63) is 86.5 Å². The van der Waals surface area contributed by atoms with Crippen LogP contribution in [-0.4, -0.2) is 21.7 Å². The van der Waals surface area contributed by atoms with Gasteiger partial charge in [0, 0.05) is 33.9 Å².